The number of amides is 2. The fraction of sp³-hybridized carbons (Fsp3) is 0.520. The second-order valence-electron chi connectivity index (χ2n) is 11.0. The molecule has 2 amide bonds. The number of aromatic amines is 1. The Morgan fingerprint density at radius 3 is 2.35 bits per heavy atom. The Bertz CT molecular complexity index is 1270. The van der Waals surface area contributed by atoms with Crippen LogP contribution in [0.1, 0.15) is 49.1 Å². The monoisotopic (exact) mass is 498 g/mol. The van der Waals surface area contributed by atoms with Crippen LogP contribution in [0.5, 0.6) is 0 Å². The maximum atomic E-state index is 13.2. The maximum absolute atomic E-state index is 13.2. The molecule has 1 saturated heterocycles. The molecule has 2 N–H and O–H groups in total. The Hall–Kier alpha value is -2.39. The van der Waals surface area contributed by atoms with E-state index in [0.29, 0.717) is 0 Å². The average Bonchev–Trinajstić information content (AvgIpc) is 3.48. The number of carboxylic acids is 1. The normalized spacial score (nSPS) is 33.7. The molecule has 7 nitrogen and oxygen atoms in total. The van der Waals surface area contributed by atoms with Crippen LogP contribution in [0, 0.1) is 29.6 Å². The zero-order valence-corrected chi connectivity index (χ0v) is 20.7. The number of carbonyl (C=O) groups excluding carboxylic acids is 2. The summed E-state index contributed by atoms with van der Waals surface area (Å²) in [5.41, 5.74) is 2.38. The van der Waals surface area contributed by atoms with Gasteiger partial charge in [-0.3, -0.25) is 24.1 Å². The summed E-state index contributed by atoms with van der Waals surface area (Å²) in [6.07, 6.45) is 0.797. The minimum Gasteiger partial charge on any atom is -0.480 e. The van der Waals surface area contributed by atoms with Gasteiger partial charge in [-0.05, 0) is 40.7 Å². The van der Waals surface area contributed by atoms with Gasteiger partial charge in [0.1, 0.15) is 6.54 Å². The molecule has 2 aliphatic heterocycles. The summed E-state index contributed by atoms with van der Waals surface area (Å²) in [5, 5.41) is 10.2. The van der Waals surface area contributed by atoms with E-state index in [9.17, 15) is 24.3 Å². The summed E-state index contributed by atoms with van der Waals surface area (Å²) in [5.74, 6) is -2.62. The van der Waals surface area contributed by atoms with Crippen LogP contribution in [0.4, 0.5) is 0 Å². The predicted molar refractivity (Wildman–Crippen MR) is 128 cm³/mol. The highest BCUT2D eigenvalue weighted by atomic mass is 32.2. The van der Waals surface area contributed by atoms with Crippen molar-refractivity contribution in [2.75, 3.05) is 6.54 Å². The van der Waals surface area contributed by atoms with Crippen molar-refractivity contribution in [3.63, 3.8) is 0 Å². The molecule has 6 rings (SSSR count). The standard InChI is InChI=1S/C25H26N2O5S2/c1-25(2,3)11-6-4-10(5-7-11)15-16-12-8-13(19(16)33-21-20(15)34-24(32)26-21)18-17(12)22(30)27(23(18)31)9-14(28)29/h4-7,12-13,15-19H,8-9H2,1-3H3,(H,26,32)(H,28,29). The van der Waals surface area contributed by atoms with Crippen molar-refractivity contribution >= 4 is 40.9 Å². The van der Waals surface area contributed by atoms with Crippen LogP contribution < -0.4 is 4.87 Å². The summed E-state index contributed by atoms with van der Waals surface area (Å²) in [6, 6.07) is 8.59. The molecule has 2 bridgehead atoms. The van der Waals surface area contributed by atoms with Crippen molar-refractivity contribution in [3.05, 3.63) is 49.9 Å². The van der Waals surface area contributed by atoms with Crippen LogP contribution >= 0.6 is 23.1 Å². The summed E-state index contributed by atoms with van der Waals surface area (Å²) < 4.78 is 0. The lowest BCUT2D eigenvalue weighted by molar-refractivity contribution is -0.149. The van der Waals surface area contributed by atoms with Crippen LogP contribution in [-0.4, -0.2) is 44.6 Å². The van der Waals surface area contributed by atoms with Crippen LogP contribution in [0.25, 0.3) is 0 Å². The molecule has 4 aliphatic rings. The molecule has 3 heterocycles. The van der Waals surface area contributed by atoms with Gasteiger partial charge >= 0.3 is 10.8 Å². The average molecular weight is 499 g/mol. The highest BCUT2D eigenvalue weighted by Crippen LogP contribution is 2.68. The number of carbonyl (C=O) groups is 3. The number of hydrogen-bond donors (Lipinski definition) is 2. The predicted octanol–water partition coefficient (Wildman–Crippen LogP) is 3.29. The molecule has 1 aromatic heterocycles. The van der Waals surface area contributed by atoms with Crippen molar-refractivity contribution in [2.24, 2.45) is 29.6 Å². The highest BCUT2D eigenvalue weighted by Gasteiger charge is 2.69. The second kappa shape index (κ2) is 7.31. The first-order chi connectivity index (χ1) is 16.1. The van der Waals surface area contributed by atoms with Gasteiger partial charge in [0.05, 0.1) is 16.9 Å². The molecule has 1 aromatic carbocycles. The van der Waals surface area contributed by atoms with E-state index in [1.54, 1.807) is 11.8 Å². The Morgan fingerprint density at radius 1 is 1.09 bits per heavy atom. The van der Waals surface area contributed by atoms with E-state index in [-0.39, 0.29) is 51.0 Å². The third kappa shape index (κ3) is 3.02. The van der Waals surface area contributed by atoms with Gasteiger partial charge in [0, 0.05) is 16.0 Å². The number of imide groups is 1. The van der Waals surface area contributed by atoms with E-state index in [1.165, 1.54) is 16.9 Å². The van der Waals surface area contributed by atoms with Gasteiger partial charge in [-0.1, -0.05) is 56.4 Å². The molecule has 34 heavy (non-hydrogen) atoms. The van der Waals surface area contributed by atoms with Crippen molar-refractivity contribution in [3.8, 4) is 0 Å². The minimum atomic E-state index is -1.17. The van der Waals surface area contributed by atoms with Gasteiger partial charge in [-0.2, -0.15) is 0 Å². The summed E-state index contributed by atoms with van der Waals surface area (Å²) in [6.45, 7) is 5.96. The Morgan fingerprint density at radius 2 is 1.74 bits per heavy atom. The van der Waals surface area contributed by atoms with E-state index in [4.69, 9.17) is 0 Å². The van der Waals surface area contributed by atoms with Crippen LogP contribution in [0.2, 0.25) is 0 Å². The molecule has 0 radical (unpaired) electrons. The molecule has 178 valence electrons. The molecule has 2 aromatic rings. The Balaban J connectivity index is 1.43. The van der Waals surface area contributed by atoms with Crippen LogP contribution in [0.3, 0.4) is 0 Å². The summed E-state index contributed by atoms with van der Waals surface area (Å²) in [7, 11) is 0. The lowest BCUT2D eigenvalue weighted by atomic mass is 9.68. The Kier molecular flexibility index (Phi) is 4.75. The number of benzene rings is 1. The quantitative estimate of drug-likeness (QED) is 0.629. The molecule has 2 saturated carbocycles. The second-order valence-corrected chi connectivity index (χ2v) is 13.2. The van der Waals surface area contributed by atoms with Crippen molar-refractivity contribution < 1.29 is 19.5 Å². The molecule has 0 spiro atoms. The van der Waals surface area contributed by atoms with Gasteiger partial charge in [0.2, 0.25) is 11.8 Å². The molecular weight excluding hydrogens is 472 g/mol. The molecule has 3 fully saturated rings. The number of H-pyrrole nitrogens is 1. The summed E-state index contributed by atoms with van der Waals surface area (Å²) in [4.78, 5) is 54.9. The fourth-order valence-electron chi connectivity index (χ4n) is 6.93. The highest BCUT2D eigenvalue weighted by molar-refractivity contribution is 8.00. The van der Waals surface area contributed by atoms with Crippen molar-refractivity contribution in [1.82, 2.24) is 9.88 Å². The largest absolute Gasteiger partial charge is 0.480 e. The number of thioether (sulfide) groups is 1. The van der Waals surface area contributed by atoms with Gasteiger partial charge in [0.25, 0.3) is 0 Å². The van der Waals surface area contributed by atoms with Crippen molar-refractivity contribution in [2.45, 2.75) is 48.8 Å². The molecule has 2 aliphatic carbocycles. The lowest BCUT2D eigenvalue weighted by Crippen LogP contribution is -2.42. The SMILES string of the molecule is CC(C)(C)c1ccc(C2c3sc(=O)[nH]c3SC3C4CC(C5C(=O)N(CC(=O)O)C(=O)C45)C23)cc1. The first-order valence-corrected chi connectivity index (χ1v) is 13.3. The molecule has 9 heteroatoms. The molecule has 7 unspecified atom stereocenters. The van der Waals surface area contributed by atoms with E-state index in [2.05, 4.69) is 50.0 Å². The Labute approximate surface area is 204 Å². The number of fused-ring (bicyclic) bond motifs is 9. The number of aliphatic carboxylic acids is 1. The third-order valence-corrected chi connectivity index (χ3v) is 10.8. The first-order valence-electron chi connectivity index (χ1n) is 11.6. The summed E-state index contributed by atoms with van der Waals surface area (Å²) >= 11 is 2.88. The number of hydrogen-bond acceptors (Lipinski definition) is 6. The van der Waals surface area contributed by atoms with Gasteiger partial charge in [0.15, 0.2) is 0 Å². The zero-order chi connectivity index (χ0) is 24.1. The van der Waals surface area contributed by atoms with E-state index in [0.717, 1.165) is 26.8 Å². The van der Waals surface area contributed by atoms with Crippen LogP contribution in [-0.2, 0) is 19.8 Å². The molecule has 7 atom stereocenters. The van der Waals surface area contributed by atoms with E-state index >= 15 is 0 Å². The maximum Gasteiger partial charge on any atom is 0.323 e. The van der Waals surface area contributed by atoms with E-state index < -0.39 is 24.3 Å². The first kappa shape index (κ1) is 22.1. The smallest absolute Gasteiger partial charge is 0.323 e. The lowest BCUT2D eigenvalue weighted by Gasteiger charge is -2.43. The van der Waals surface area contributed by atoms with Gasteiger partial charge < -0.3 is 10.1 Å². The number of likely N-dealkylation sites (tertiary alicyclic amines) is 1. The van der Waals surface area contributed by atoms with Gasteiger partial charge in [-0.25, -0.2) is 0 Å². The fourth-order valence-corrected chi connectivity index (χ4v) is 9.82. The number of aromatic nitrogens is 1. The zero-order valence-electron chi connectivity index (χ0n) is 19.1. The molecular formula is C25H26N2O5S2. The number of rotatable bonds is 3. The number of nitrogens with one attached hydrogen (secondary N) is 1. The van der Waals surface area contributed by atoms with Crippen molar-refractivity contribution in [1.29, 1.82) is 0 Å². The van der Waals surface area contributed by atoms with E-state index in [1.807, 2.05) is 0 Å². The number of thiazole rings is 1. The minimum absolute atomic E-state index is 0.000361. The topological polar surface area (TPSA) is 108 Å². The third-order valence-electron chi connectivity index (χ3n) is 8.24. The number of carboxylic acid groups (broad SMARTS) is 1. The van der Waals surface area contributed by atoms with Crippen LogP contribution in [0.15, 0.2) is 34.1 Å². The number of nitrogens with zero attached hydrogens (tertiary/aromatic N) is 1. The van der Waals surface area contributed by atoms with Gasteiger partial charge in [-0.15, -0.1) is 11.8 Å².